The first-order chi connectivity index (χ1) is 6.22. The molecule has 2 fully saturated rings. The van der Waals surface area contributed by atoms with E-state index in [1.807, 2.05) is 11.8 Å². The first-order valence-electron chi connectivity index (χ1n) is 4.76. The second-order valence-electron chi connectivity index (χ2n) is 4.09. The van der Waals surface area contributed by atoms with Crippen molar-refractivity contribution in [3.05, 3.63) is 0 Å². The molecule has 13 heavy (non-hydrogen) atoms. The minimum absolute atomic E-state index is 0.289. The summed E-state index contributed by atoms with van der Waals surface area (Å²) in [5.74, 6) is 1.72. The predicted octanol–water partition coefficient (Wildman–Crippen LogP) is 0.946. The van der Waals surface area contributed by atoms with Crippen LogP contribution in [0.25, 0.3) is 0 Å². The molecular formula is C9H15NO2S. The summed E-state index contributed by atoms with van der Waals surface area (Å²) in [5.41, 5.74) is 0.314. The van der Waals surface area contributed by atoms with Gasteiger partial charge in [0.05, 0.1) is 0 Å². The van der Waals surface area contributed by atoms with Gasteiger partial charge in [0.2, 0.25) is 0 Å². The lowest BCUT2D eigenvalue weighted by molar-refractivity contribution is -0.139. The third-order valence-electron chi connectivity index (χ3n) is 3.21. The highest BCUT2D eigenvalue weighted by Crippen LogP contribution is 2.41. The van der Waals surface area contributed by atoms with Gasteiger partial charge < -0.3 is 10.4 Å². The SMILES string of the molecule is O=C(O)C1CC2(CCSCC2)CN1. The van der Waals surface area contributed by atoms with Crippen molar-refractivity contribution < 1.29 is 9.90 Å². The lowest BCUT2D eigenvalue weighted by atomic mass is 9.80. The first kappa shape index (κ1) is 9.34. The van der Waals surface area contributed by atoms with Crippen molar-refractivity contribution in [3.8, 4) is 0 Å². The second kappa shape index (κ2) is 3.50. The van der Waals surface area contributed by atoms with Crippen LogP contribution in [-0.4, -0.2) is 35.2 Å². The Bertz CT molecular complexity index is 214. The van der Waals surface area contributed by atoms with Crippen LogP contribution in [0.2, 0.25) is 0 Å². The monoisotopic (exact) mass is 201 g/mol. The highest BCUT2D eigenvalue weighted by Gasteiger charge is 2.42. The van der Waals surface area contributed by atoms with Crippen LogP contribution in [0, 0.1) is 5.41 Å². The van der Waals surface area contributed by atoms with Crippen LogP contribution >= 0.6 is 11.8 Å². The minimum Gasteiger partial charge on any atom is -0.480 e. The molecule has 1 spiro atoms. The van der Waals surface area contributed by atoms with Gasteiger partial charge in [0.25, 0.3) is 0 Å². The number of thioether (sulfide) groups is 1. The maximum Gasteiger partial charge on any atom is 0.320 e. The van der Waals surface area contributed by atoms with Crippen LogP contribution in [-0.2, 0) is 4.79 Å². The molecule has 0 aromatic carbocycles. The van der Waals surface area contributed by atoms with Crippen molar-refractivity contribution in [1.82, 2.24) is 5.32 Å². The van der Waals surface area contributed by atoms with Crippen LogP contribution in [0.5, 0.6) is 0 Å². The van der Waals surface area contributed by atoms with Gasteiger partial charge in [0.15, 0.2) is 0 Å². The summed E-state index contributed by atoms with van der Waals surface area (Å²) in [6, 6.07) is -0.289. The van der Waals surface area contributed by atoms with E-state index in [0.717, 1.165) is 13.0 Å². The van der Waals surface area contributed by atoms with Gasteiger partial charge >= 0.3 is 5.97 Å². The fourth-order valence-electron chi connectivity index (χ4n) is 2.28. The van der Waals surface area contributed by atoms with Gasteiger partial charge in [-0.2, -0.15) is 11.8 Å². The third kappa shape index (κ3) is 1.83. The fraction of sp³-hybridized carbons (Fsp3) is 0.889. The number of carboxylic acid groups (broad SMARTS) is 1. The molecule has 0 bridgehead atoms. The Labute approximate surface area is 82.3 Å². The quantitative estimate of drug-likeness (QED) is 0.663. The standard InChI is InChI=1S/C9H15NO2S/c11-8(12)7-5-9(6-10-7)1-3-13-4-2-9/h7,10H,1-6H2,(H,11,12). The fourth-order valence-corrected chi connectivity index (χ4v) is 3.64. The molecule has 74 valence electrons. The topological polar surface area (TPSA) is 49.3 Å². The van der Waals surface area contributed by atoms with Crippen molar-refractivity contribution in [2.24, 2.45) is 5.41 Å². The Morgan fingerprint density at radius 3 is 2.69 bits per heavy atom. The van der Waals surface area contributed by atoms with E-state index in [9.17, 15) is 4.79 Å². The zero-order chi connectivity index (χ0) is 9.31. The van der Waals surface area contributed by atoms with E-state index < -0.39 is 5.97 Å². The number of hydrogen-bond acceptors (Lipinski definition) is 3. The molecule has 0 radical (unpaired) electrons. The number of nitrogens with one attached hydrogen (secondary N) is 1. The number of hydrogen-bond donors (Lipinski definition) is 2. The van der Waals surface area contributed by atoms with Crippen LogP contribution in [0.1, 0.15) is 19.3 Å². The zero-order valence-corrected chi connectivity index (χ0v) is 8.40. The van der Waals surface area contributed by atoms with E-state index in [1.54, 1.807) is 0 Å². The molecule has 2 aliphatic heterocycles. The zero-order valence-electron chi connectivity index (χ0n) is 7.58. The van der Waals surface area contributed by atoms with Gasteiger partial charge in [-0.25, -0.2) is 0 Å². The summed E-state index contributed by atoms with van der Waals surface area (Å²) >= 11 is 1.99. The Morgan fingerprint density at radius 1 is 1.46 bits per heavy atom. The number of carbonyl (C=O) groups is 1. The van der Waals surface area contributed by atoms with Gasteiger partial charge in [-0.3, -0.25) is 4.79 Å². The summed E-state index contributed by atoms with van der Waals surface area (Å²) in [5, 5.41) is 12.0. The van der Waals surface area contributed by atoms with E-state index in [4.69, 9.17) is 5.11 Å². The Morgan fingerprint density at radius 2 is 2.15 bits per heavy atom. The lowest BCUT2D eigenvalue weighted by Gasteiger charge is -2.31. The van der Waals surface area contributed by atoms with Crippen molar-refractivity contribution in [2.75, 3.05) is 18.1 Å². The predicted molar refractivity (Wildman–Crippen MR) is 53.0 cm³/mol. The van der Waals surface area contributed by atoms with E-state index in [-0.39, 0.29) is 6.04 Å². The highest BCUT2D eigenvalue weighted by molar-refractivity contribution is 7.99. The molecule has 3 nitrogen and oxygen atoms in total. The highest BCUT2D eigenvalue weighted by atomic mass is 32.2. The van der Waals surface area contributed by atoms with E-state index in [2.05, 4.69) is 5.32 Å². The van der Waals surface area contributed by atoms with E-state index >= 15 is 0 Å². The van der Waals surface area contributed by atoms with E-state index in [1.165, 1.54) is 24.3 Å². The summed E-state index contributed by atoms with van der Waals surface area (Å²) in [6.45, 7) is 0.907. The molecule has 1 unspecified atom stereocenters. The molecule has 2 aliphatic rings. The van der Waals surface area contributed by atoms with Gasteiger partial charge in [-0.15, -0.1) is 0 Å². The molecule has 0 amide bonds. The Hall–Kier alpha value is -0.220. The summed E-state index contributed by atoms with van der Waals surface area (Å²) < 4.78 is 0. The smallest absolute Gasteiger partial charge is 0.320 e. The normalized spacial score (nSPS) is 32.2. The van der Waals surface area contributed by atoms with Crippen molar-refractivity contribution >= 4 is 17.7 Å². The number of carboxylic acids is 1. The molecule has 2 rings (SSSR count). The molecule has 0 saturated carbocycles. The molecule has 0 aromatic heterocycles. The maximum atomic E-state index is 10.8. The van der Waals surface area contributed by atoms with Crippen molar-refractivity contribution in [2.45, 2.75) is 25.3 Å². The lowest BCUT2D eigenvalue weighted by Crippen LogP contribution is -2.30. The summed E-state index contributed by atoms with van der Waals surface area (Å²) in [4.78, 5) is 10.8. The third-order valence-corrected chi connectivity index (χ3v) is 4.20. The van der Waals surface area contributed by atoms with Gasteiger partial charge in [-0.05, 0) is 36.2 Å². The molecule has 2 saturated heterocycles. The van der Waals surface area contributed by atoms with Gasteiger partial charge in [0, 0.05) is 6.54 Å². The number of rotatable bonds is 1. The average Bonchev–Trinajstić information content (AvgIpc) is 2.51. The van der Waals surface area contributed by atoms with Crippen LogP contribution in [0.15, 0.2) is 0 Å². The van der Waals surface area contributed by atoms with Gasteiger partial charge in [-0.1, -0.05) is 0 Å². The molecule has 4 heteroatoms. The molecule has 2 heterocycles. The summed E-state index contributed by atoms with van der Waals surface area (Å²) in [7, 11) is 0. The Kier molecular flexibility index (Phi) is 2.51. The van der Waals surface area contributed by atoms with E-state index in [0.29, 0.717) is 5.41 Å². The summed E-state index contributed by atoms with van der Waals surface area (Å²) in [6.07, 6.45) is 3.21. The minimum atomic E-state index is -0.685. The average molecular weight is 201 g/mol. The van der Waals surface area contributed by atoms with Crippen molar-refractivity contribution in [3.63, 3.8) is 0 Å². The van der Waals surface area contributed by atoms with Crippen LogP contribution in [0.3, 0.4) is 0 Å². The van der Waals surface area contributed by atoms with Gasteiger partial charge in [0.1, 0.15) is 6.04 Å². The van der Waals surface area contributed by atoms with Crippen LogP contribution < -0.4 is 5.32 Å². The van der Waals surface area contributed by atoms with Crippen LogP contribution in [0.4, 0.5) is 0 Å². The largest absolute Gasteiger partial charge is 0.480 e. The molecule has 2 N–H and O–H groups in total. The Balaban J connectivity index is 1.98. The molecule has 1 atom stereocenters. The van der Waals surface area contributed by atoms with Crippen molar-refractivity contribution in [1.29, 1.82) is 0 Å². The number of aliphatic carboxylic acids is 1. The second-order valence-corrected chi connectivity index (χ2v) is 5.31. The molecular weight excluding hydrogens is 186 g/mol. The maximum absolute atomic E-state index is 10.8. The molecule has 0 aliphatic carbocycles. The molecule has 0 aromatic rings. The first-order valence-corrected chi connectivity index (χ1v) is 5.91.